The first-order valence-electron chi connectivity index (χ1n) is 15.3. The van der Waals surface area contributed by atoms with Crippen LogP contribution < -0.4 is 4.72 Å². The molecule has 3 rings (SSSR count). The molecular formula is C31H39F3N6O8S. The molecule has 0 saturated carbocycles. The summed E-state index contributed by atoms with van der Waals surface area (Å²) in [4.78, 5) is 28.5. The monoisotopic (exact) mass is 712 g/mol. The molecule has 0 spiro atoms. The lowest BCUT2D eigenvalue weighted by atomic mass is 10.1. The number of nitrogens with one attached hydrogen (secondary N) is 1. The van der Waals surface area contributed by atoms with Crippen molar-refractivity contribution in [3.05, 3.63) is 71.1 Å². The molecule has 1 N–H and O–H groups in total. The van der Waals surface area contributed by atoms with Crippen LogP contribution in [0.3, 0.4) is 0 Å². The number of rotatable bonds is 16. The molecule has 0 aliphatic heterocycles. The van der Waals surface area contributed by atoms with Crippen LogP contribution in [0.1, 0.15) is 57.7 Å². The number of hydrazine groups is 1. The summed E-state index contributed by atoms with van der Waals surface area (Å²) < 4.78 is 78.7. The molecule has 0 saturated heterocycles. The molecule has 0 aliphatic carbocycles. The third-order valence-corrected chi connectivity index (χ3v) is 8.20. The Kier molecular flexibility index (Phi) is 13.4. The first-order valence-corrected chi connectivity index (χ1v) is 16.8. The number of benzene rings is 2. The molecule has 0 aliphatic rings. The van der Waals surface area contributed by atoms with Gasteiger partial charge in [-0.25, -0.2) is 22.6 Å². The Morgan fingerprint density at radius 3 is 2.29 bits per heavy atom. The average molecular weight is 713 g/mol. The summed E-state index contributed by atoms with van der Waals surface area (Å²) in [6.45, 7) is 6.84. The minimum atomic E-state index is -4.70. The Balaban J connectivity index is 1.45. The molecule has 18 heteroatoms. The highest BCUT2D eigenvalue weighted by atomic mass is 32.2. The van der Waals surface area contributed by atoms with Crippen LogP contribution in [0.15, 0.2) is 64.8 Å². The van der Waals surface area contributed by atoms with Crippen LogP contribution in [-0.4, -0.2) is 66.7 Å². The Hall–Kier alpha value is -4.87. The van der Waals surface area contributed by atoms with Gasteiger partial charge in [0.15, 0.2) is 5.69 Å². The van der Waals surface area contributed by atoms with Crippen molar-refractivity contribution in [2.45, 2.75) is 70.7 Å². The van der Waals surface area contributed by atoms with Gasteiger partial charge in [0.2, 0.25) is 5.28 Å². The van der Waals surface area contributed by atoms with Gasteiger partial charge in [0.1, 0.15) is 0 Å². The number of amides is 1. The summed E-state index contributed by atoms with van der Waals surface area (Å²) in [6.07, 6.45) is -4.65. The van der Waals surface area contributed by atoms with Crippen LogP contribution in [0.4, 0.5) is 18.0 Å². The number of sulfonamides is 1. The summed E-state index contributed by atoms with van der Waals surface area (Å²) in [5.74, 6) is -0.843. The van der Waals surface area contributed by atoms with Crippen molar-refractivity contribution in [3.63, 3.8) is 0 Å². The fraction of sp³-hybridized carbons (Fsp3) is 0.452. The number of esters is 1. The molecule has 1 heterocycles. The Bertz CT molecular complexity index is 1700. The number of carbonyl (C=O) groups is 2. The third kappa shape index (κ3) is 11.7. The molecule has 49 heavy (non-hydrogen) atoms. The lowest BCUT2D eigenvalue weighted by Gasteiger charge is -2.14. The predicted molar refractivity (Wildman–Crippen MR) is 169 cm³/mol. The Labute approximate surface area is 282 Å². The van der Waals surface area contributed by atoms with Crippen molar-refractivity contribution in [2.24, 2.45) is 11.2 Å². The fourth-order valence-corrected chi connectivity index (χ4v) is 5.04. The van der Waals surface area contributed by atoms with E-state index in [0.717, 1.165) is 28.4 Å². The number of unbranched alkanes of at least 4 members (excludes halogenated alkanes) is 3. The number of aryl methyl sites for hydroxylation is 1. The van der Waals surface area contributed by atoms with E-state index < -0.39 is 40.2 Å². The topological polar surface area (TPSA) is 167 Å². The maximum Gasteiger partial charge on any atom is 0.435 e. The van der Waals surface area contributed by atoms with Gasteiger partial charge >= 0.3 is 18.2 Å². The number of nitrogens with zero attached hydrogens (tertiary/aromatic N) is 5. The molecule has 0 radical (unpaired) electrons. The quantitative estimate of drug-likeness (QED) is 0.0456. The average Bonchev–Trinajstić information content (AvgIpc) is 3.49. The van der Waals surface area contributed by atoms with E-state index in [2.05, 4.69) is 10.4 Å². The molecule has 1 amide bonds. The minimum Gasteiger partial charge on any atom is -0.569 e. The third-order valence-electron chi connectivity index (χ3n) is 6.88. The summed E-state index contributed by atoms with van der Waals surface area (Å²) in [5.41, 5.74) is 0.608. The second kappa shape index (κ2) is 17.0. The summed E-state index contributed by atoms with van der Waals surface area (Å²) in [6, 6.07) is 12.6. The number of hydrogen-bond acceptors (Lipinski definition) is 10. The van der Waals surface area contributed by atoms with Crippen molar-refractivity contribution in [2.75, 3.05) is 20.2 Å². The number of aromatic nitrogens is 2. The van der Waals surface area contributed by atoms with E-state index >= 15 is 0 Å². The summed E-state index contributed by atoms with van der Waals surface area (Å²) in [7, 11) is -2.85. The lowest BCUT2D eigenvalue weighted by Crippen LogP contribution is -2.31. The number of halogens is 3. The van der Waals surface area contributed by atoms with E-state index in [1.54, 1.807) is 42.8 Å². The van der Waals surface area contributed by atoms with Crippen molar-refractivity contribution in [3.8, 4) is 16.9 Å². The van der Waals surface area contributed by atoms with E-state index in [0.29, 0.717) is 37.8 Å². The molecule has 2 aromatic carbocycles. The van der Waals surface area contributed by atoms with E-state index in [9.17, 15) is 36.4 Å². The predicted octanol–water partition coefficient (Wildman–Crippen LogP) is 6.13. The highest BCUT2D eigenvalue weighted by Gasteiger charge is 2.35. The molecule has 1 atom stereocenters. The van der Waals surface area contributed by atoms with Gasteiger partial charge in [0.05, 0.1) is 47.4 Å². The van der Waals surface area contributed by atoms with Crippen molar-refractivity contribution in [1.82, 2.24) is 19.5 Å². The van der Waals surface area contributed by atoms with Crippen LogP contribution in [-0.2, 0) is 35.3 Å². The van der Waals surface area contributed by atoms with Crippen molar-refractivity contribution >= 4 is 22.1 Å². The van der Waals surface area contributed by atoms with Crippen LogP contribution in [0.2, 0.25) is 0 Å². The van der Waals surface area contributed by atoms with Gasteiger partial charge in [0.25, 0.3) is 16.3 Å². The van der Waals surface area contributed by atoms with Crippen LogP contribution >= 0.6 is 0 Å². The highest BCUT2D eigenvalue weighted by Crippen LogP contribution is 2.33. The zero-order valence-electron chi connectivity index (χ0n) is 27.6. The second-order valence-electron chi connectivity index (χ2n) is 11.3. The smallest absolute Gasteiger partial charge is 0.435 e. The molecule has 0 bridgehead atoms. The first kappa shape index (κ1) is 38.6. The van der Waals surface area contributed by atoms with Crippen LogP contribution in [0, 0.1) is 18.0 Å². The van der Waals surface area contributed by atoms with E-state index in [1.807, 2.05) is 6.92 Å². The maximum atomic E-state index is 13.5. The molecule has 268 valence electrons. The van der Waals surface area contributed by atoms with Gasteiger partial charge in [-0.05, 0) is 56.5 Å². The van der Waals surface area contributed by atoms with Crippen LogP contribution in [0.5, 0.6) is 0 Å². The highest BCUT2D eigenvalue weighted by molar-refractivity contribution is 7.90. The zero-order chi connectivity index (χ0) is 36.4. The van der Waals surface area contributed by atoms with Crippen LogP contribution in [0.25, 0.3) is 16.9 Å². The zero-order valence-corrected chi connectivity index (χ0v) is 28.5. The SMILES string of the molecule is Cc1ccc(-c2cc(C(F)(F)F)nn2-c2ccc(S(=O)(=O)NC(=O)OCCCCCCN(C)[N+]([O-])=NOC(C)OC(=O)C(C)C)cc2)cc1. The molecule has 14 nitrogen and oxygen atoms in total. The molecule has 0 fully saturated rings. The van der Waals surface area contributed by atoms with Gasteiger partial charge in [-0.15, -0.1) is 5.01 Å². The van der Waals surface area contributed by atoms with E-state index in [4.69, 9.17) is 14.3 Å². The van der Waals surface area contributed by atoms with E-state index in [-0.39, 0.29) is 33.8 Å². The molecule has 1 unspecified atom stereocenters. The minimum absolute atomic E-state index is 0.0669. The van der Waals surface area contributed by atoms with Crippen molar-refractivity contribution < 1.29 is 50.5 Å². The van der Waals surface area contributed by atoms with Crippen molar-refractivity contribution in [1.29, 1.82) is 0 Å². The lowest BCUT2D eigenvalue weighted by molar-refractivity contribution is -0.707. The Morgan fingerprint density at radius 2 is 1.67 bits per heavy atom. The standard InChI is InChI=1S/C31H39F3N6O8S/c1-21(2)29(41)47-23(4)48-37-40(43)38(5)18-8-6-7-9-19-46-30(42)36-49(44,45)26-16-14-25(15-17-26)39-27(20-28(35-39)31(32,33)34)24-12-10-22(3)11-13-24/h10-17,20-21,23H,6-9,18-19H2,1-5H3,(H,36,42). The van der Waals surface area contributed by atoms with Gasteiger partial charge in [-0.3, -0.25) is 9.63 Å². The second-order valence-corrected chi connectivity index (χ2v) is 13.0. The maximum absolute atomic E-state index is 13.5. The largest absolute Gasteiger partial charge is 0.569 e. The normalized spacial score (nSPS) is 12.8. The molecule has 1 aromatic heterocycles. The first-order chi connectivity index (χ1) is 23.0. The molecular weight excluding hydrogens is 673 g/mol. The van der Waals surface area contributed by atoms with Gasteiger partial charge in [-0.1, -0.05) is 50.1 Å². The fourth-order valence-electron chi connectivity index (χ4n) is 4.15. The van der Waals surface area contributed by atoms with Gasteiger partial charge < -0.3 is 14.7 Å². The number of alkyl halides is 3. The summed E-state index contributed by atoms with van der Waals surface area (Å²) >= 11 is 0. The van der Waals surface area contributed by atoms with Gasteiger partial charge in [-0.2, -0.15) is 18.3 Å². The molecule has 3 aromatic rings. The van der Waals surface area contributed by atoms with E-state index in [1.165, 1.54) is 31.1 Å². The number of hydrogen-bond donors (Lipinski definition) is 1. The Morgan fingerprint density at radius 1 is 1.04 bits per heavy atom. The number of ether oxygens (including phenoxy) is 2. The summed E-state index contributed by atoms with van der Waals surface area (Å²) in [5, 5.41) is 20.3. The van der Waals surface area contributed by atoms with Gasteiger partial charge in [0, 0.05) is 12.5 Å². The number of carbonyl (C=O) groups excluding carboxylic acids is 2.